The van der Waals surface area contributed by atoms with Gasteiger partial charge in [0.1, 0.15) is 0 Å². The summed E-state index contributed by atoms with van der Waals surface area (Å²) in [5, 5.41) is 0. The van der Waals surface area contributed by atoms with Crippen molar-refractivity contribution >= 4 is 63.3 Å². The molecule has 0 aliphatic carbocycles. The van der Waals surface area contributed by atoms with E-state index in [1.165, 1.54) is 0 Å². The third-order valence-electron chi connectivity index (χ3n) is 2.82. The van der Waals surface area contributed by atoms with Gasteiger partial charge in [-0.3, -0.25) is 0 Å². The Bertz CT molecular complexity index is 387. The number of esters is 2. The maximum absolute atomic E-state index is 11.7. The second-order valence-electron chi connectivity index (χ2n) is 4.56. The molecule has 1 rings (SSSR count). The summed E-state index contributed by atoms with van der Waals surface area (Å²) in [5.74, 6) is -0.714. The van der Waals surface area contributed by atoms with Crippen molar-refractivity contribution in [2.45, 2.75) is 39.5 Å². The molecule has 0 aliphatic rings. The van der Waals surface area contributed by atoms with Gasteiger partial charge in [-0.1, -0.05) is 26.7 Å². The van der Waals surface area contributed by atoms with Crippen LogP contribution in [0, 0.1) is 0 Å². The van der Waals surface area contributed by atoms with E-state index in [1.807, 2.05) is 13.8 Å². The number of rotatable bonds is 8. The zero-order valence-electron chi connectivity index (χ0n) is 12.2. The number of carbonyl (C=O) groups excluding carboxylic acids is 2. The summed E-state index contributed by atoms with van der Waals surface area (Å²) in [6, 6.07) is 6.35. The van der Waals surface area contributed by atoms with Gasteiger partial charge in [-0.2, -0.15) is 0 Å². The molecule has 4 nitrogen and oxygen atoms in total. The SMILES string of the molecule is CCCCOC(=O)c1ccc(C(=O)OCCCC)cc1.[KH]. The fourth-order valence-electron chi connectivity index (χ4n) is 1.53. The van der Waals surface area contributed by atoms with E-state index in [0.717, 1.165) is 25.7 Å². The van der Waals surface area contributed by atoms with Crippen molar-refractivity contribution in [1.82, 2.24) is 0 Å². The van der Waals surface area contributed by atoms with Crippen LogP contribution in [0.5, 0.6) is 0 Å². The molecule has 0 aromatic heterocycles. The average Bonchev–Trinajstić information content (AvgIpc) is 2.47. The number of benzene rings is 1. The zero-order valence-corrected chi connectivity index (χ0v) is 12.2. The number of carbonyl (C=O) groups is 2. The van der Waals surface area contributed by atoms with E-state index in [-0.39, 0.29) is 63.3 Å². The topological polar surface area (TPSA) is 52.6 Å². The van der Waals surface area contributed by atoms with Crippen molar-refractivity contribution in [3.8, 4) is 0 Å². The molecular formula is C16H23KO4. The zero-order chi connectivity index (χ0) is 14.8. The number of hydrogen-bond donors (Lipinski definition) is 0. The predicted molar refractivity (Wildman–Crippen MR) is 84.0 cm³/mol. The molecule has 0 saturated carbocycles. The van der Waals surface area contributed by atoms with Crippen molar-refractivity contribution in [3.05, 3.63) is 35.4 Å². The van der Waals surface area contributed by atoms with Gasteiger partial charge in [0.2, 0.25) is 0 Å². The molecule has 112 valence electrons. The van der Waals surface area contributed by atoms with Gasteiger partial charge in [-0.15, -0.1) is 0 Å². The Morgan fingerprint density at radius 1 is 0.810 bits per heavy atom. The van der Waals surface area contributed by atoms with Crippen LogP contribution in [0.25, 0.3) is 0 Å². The fourth-order valence-corrected chi connectivity index (χ4v) is 1.53. The van der Waals surface area contributed by atoms with Gasteiger partial charge in [0.15, 0.2) is 0 Å². The van der Waals surface area contributed by atoms with E-state index >= 15 is 0 Å². The molecule has 0 aliphatic heterocycles. The summed E-state index contributed by atoms with van der Waals surface area (Å²) in [6.07, 6.45) is 3.67. The molecule has 0 radical (unpaired) electrons. The van der Waals surface area contributed by atoms with Gasteiger partial charge >= 0.3 is 63.3 Å². The first kappa shape index (κ1) is 20.8. The predicted octanol–water partition coefficient (Wildman–Crippen LogP) is 2.95. The molecule has 0 N–H and O–H groups in total. The van der Waals surface area contributed by atoms with Crippen LogP contribution >= 0.6 is 0 Å². The Hall–Kier alpha value is -0.204. The molecule has 1 aromatic rings. The molecule has 21 heavy (non-hydrogen) atoms. The van der Waals surface area contributed by atoms with E-state index in [0.29, 0.717) is 24.3 Å². The van der Waals surface area contributed by atoms with E-state index in [2.05, 4.69) is 0 Å². The summed E-state index contributed by atoms with van der Waals surface area (Å²) < 4.78 is 10.2. The molecule has 0 amide bonds. The number of unbranched alkanes of at least 4 members (excludes halogenated alkanes) is 2. The third kappa shape index (κ3) is 8.11. The van der Waals surface area contributed by atoms with Gasteiger partial charge in [-0.25, -0.2) is 9.59 Å². The van der Waals surface area contributed by atoms with Gasteiger partial charge < -0.3 is 9.47 Å². The van der Waals surface area contributed by atoms with Crippen LogP contribution in [-0.4, -0.2) is 76.5 Å². The second kappa shape index (κ2) is 12.4. The summed E-state index contributed by atoms with van der Waals surface area (Å²) in [5.41, 5.74) is 0.900. The van der Waals surface area contributed by atoms with Crippen molar-refractivity contribution in [2.24, 2.45) is 0 Å². The van der Waals surface area contributed by atoms with Crippen LogP contribution in [0.4, 0.5) is 0 Å². The van der Waals surface area contributed by atoms with Crippen LogP contribution in [-0.2, 0) is 9.47 Å². The summed E-state index contributed by atoms with van der Waals surface area (Å²) in [6.45, 7) is 4.92. The molecule has 1 aromatic carbocycles. The second-order valence-corrected chi connectivity index (χ2v) is 4.56. The molecule has 0 spiro atoms. The number of hydrogen-bond acceptors (Lipinski definition) is 4. The van der Waals surface area contributed by atoms with Crippen LogP contribution in [0.3, 0.4) is 0 Å². The minimum atomic E-state index is -0.357. The normalized spacial score (nSPS) is 9.62. The fraction of sp³-hybridized carbons (Fsp3) is 0.500. The van der Waals surface area contributed by atoms with Gasteiger partial charge in [0, 0.05) is 0 Å². The molecule has 0 saturated heterocycles. The van der Waals surface area contributed by atoms with Crippen molar-refractivity contribution in [3.63, 3.8) is 0 Å². The first-order valence-corrected chi connectivity index (χ1v) is 7.13. The Morgan fingerprint density at radius 2 is 1.14 bits per heavy atom. The maximum atomic E-state index is 11.7. The average molecular weight is 318 g/mol. The quantitative estimate of drug-likeness (QED) is 0.420. The molecular weight excluding hydrogens is 295 g/mol. The van der Waals surface area contributed by atoms with E-state index in [4.69, 9.17) is 9.47 Å². The molecule has 5 heteroatoms. The summed E-state index contributed by atoms with van der Waals surface area (Å²) in [7, 11) is 0. The third-order valence-corrected chi connectivity index (χ3v) is 2.82. The molecule has 0 unspecified atom stereocenters. The first-order valence-electron chi connectivity index (χ1n) is 7.13. The Balaban J connectivity index is 0.00000400. The van der Waals surface area contributed by atoms with Crippen LogP contribution in [0.1, 0.15) is 60.2 Å². The molecule has 0 heterocycles. The van der Waals surface area contributed by atoms with Crippen molar-refractivity contribution < 1.29 is 19.1 Å². The van der Waals surface area contributed by atoms with Crippen LogP contribution < -0.4 is 0 Å². The van der Waals surface area contributed by atoms with Crippen LogP contribution in [0.2, 0.25) is 0 Å². The standard InChI is InChI=1S/C16H22O4.K.H/c1-3-5-11-19-15(17)13-7-9-14(10-8-13)16(18)20-12-6-4-2;;/h7-10H,3-6,11-12H2,1-2H3;;. The Labute approximate surface area is 169 Å². The Kier molecular flexibility index (Phi) is 12.2. The summed E-state index contributed by atoms with van der Waals surface area (Å²) >= 11 is 0. The van der Waals surface area contributed by atoms with E-state index in [9.17, 15) is 9.59 Å². The van der Waals surface area contributed by atoms with Crippen molar-refractivity contribution in [1.29, 1.82) is 0 Å². The summed E-state index contributed by atoms with van der Waals surface area (Å²) in [4.78, 5) is 23.3. The van der Waals surface area contributed by atoms with Gasteiger partial charge in [-0.05, 0) is 37.1 Å². The number of ether oxygens (including phenoxy) is 2. The minimum absolute atomic E-state index is 0. The molecule has 0 atom stereocenters. The van der Waals surface area contributed by atoms with E-state index in [1.54, 1.807) is 24.3 Å². The monoisotopic (exact) mass is 318 g/mol. The van der Waals surface area contributed by atoms with Crippen LogP contribution in [0.15, 0.2) is 24.3 Å². The Morgan fingerprint density at radius 3 is 1.43 bits per heavy atom. The van der Waals surface area contributed by atoms with Gasteiger partial charge in [0.05, 0.1) is 24.3 Å². The first-order chi connectivity index (χ1) is 9.69. The molecule has 0 fully saturated rings. The van der Waals surface area contributed by atoms with E-state index < -0.39 is 0 Å². The van der Waals surface area contributed by atoms with Crippen molar-refractivity contribution in [2.75, 3.05) is 13.2 Å². The van der Waals surface area contributed by atoms with Gasteiger partial charge in [0.25, 0.3) is 0 Å². The molecule has 0 bridgehead atoms.